The van der Waals surface area contributed by atoms with E-state index in [9.17, 15) is 4.79 Å². The summed E-state index contributed by atoms with van der Waals surface area (Å²) in [5.74, 6) is 0.193. The van der Waals surface area contributed by atoms with Crippen molar-refractivity contribution in [2.75, 3.05) is 6.54 Å². The molecule has 6 heavy (non-hydrogen) atoms. The van der Waals surface area contributed by atoms with Gasteiger partial charge in [-0.15, -0.1) is 0 Å². The van der Waals surface area contributed by atoms with Gasteiger partial charge in [0.15, 0.2) is 5.78 Å². The smallest absolute Gasteiger partial charge is 0.173 e. The number of rotatable bonds is 0. The second kappa shape index (κ2) is 1.24. The molecule has 0 aromatic carbocycles. The molecule has 1 atom stereocenters. The van der Waals surface area contributed by atoms with Crippen molar-refractivity contribution < 1.29 is 4.79 Å². The van der Waals surface area contributed by atoms with E-state index in [-0.39, 0.29) is 11.2 Å². The Morgan fingerprint density at radius 2 is 2.50 bits per heavy atom. The molecule has 1 fully saturated rings. The molecule has 0 radical (unpaired) electrons. The molecule has 3 heteroatoms. The summed E-state index contributed by atoms with van der Waals surface area (Å²) in [5, 5.41) is 2.61. The molecule has 1 rings (SSSR count). The van der Waals surface area contributed by atoms with E-state index in [1.165, 1.54) is 0 Å². The Hall–Kier alpha value is -0.0200. The summed E-state index contributed by atoms with van der Waals surface area (Å²) in [5.41, 5.74) is 0. The third kappa shape index (κ3) is 0.438. The lowest BCUT2D eigenvalue weighted by molar-refractivity contribution is -0.122. The minimum atomic E-state index is -0.162. The first-order valence-corrected chi connectivity index (χ1v) is 2.26. The summed E-state index contributed by atoms with van der Waals surface area (Å²) in [6.45, 7) is 0.508. The van der Waals surface area contributed by atoms with Crippen molar-refractivity contribution in [2.45, 2.75) is 5.37 Å². The first kappa shape index (κ1) is 4.15. The molecule has 1 aliphatic rings. The molecular weight excluding hydrogens is 98.1 g/mol. The van der Waals surface area contributed by atoms with Crippen molar-refractivity contribution >= 4 is 18.4 Å². The van der Waals surface area contributed by atoms with Crippen LogP contribution in [-0.4, -0.2) is 17.7 Å². The van der Waals surface area contributed by atoms with Crippen LogP contribution in [0, 0.1) is 0 Å². The van der Waals surface area contributed by atoms with Gasteiger partial charge in [-0.3, -0.25) is 10.1 Å². The SMILES string of the molecule is O=C1CNC1S. The minimum Gasteiger partial charge on any atom is -0.296 e. The first-order valence-electron chi connectivity index (χ1n) is 1.75. The van der Waals surface area contributed by atoms with Gasteiger partial charge in [-0.2, -0.15) is 12.6 Å². The van der Waals surface area contributed by atoms with Crippen molar-refractivity contribution in [3.05, 3.63) is 0 Å². The monoisotopic (exact) mass is 103 g/mol. The van der Waals surface area contributed by atoms with Crippen LogP contribution >= 0.6 is 12.6 Å². The molecule has 1 heterocycles. The normalized spacial score (nSPS) is 32.8. The standard InChI is InChI=1S/C3H5NOS/c5-2-1-4-3(2)6/h3-4,6H,1H2. The fourth-order valence-electron chi connectivity index (χ4n) is 0.277. The van der Waals surface area contributed by atoms with E-state index >= 15 is 0 Å². The number of hydrogen-bond donors (Lipinski definition) is 2. The van der Waals surface area contributed by atoms with Gasteiger partial charge in [0.05, 0.1) is 6.54 Å². The van der Waals surface area contributed by atoms with E-state index in [2.05, 4.69) is 17.9 Å². The van der Waals surface area contributed by atoms with Crippen LogP contribution in [0.3, 0.4) is 0 Å². The number of hydrogen-bond acceptors (Lipinski definition) is 3. The van der Waals surface area contributed by atoms with Crippen LogP contribution in [-0.2, 0) is 4.79 Å². The summed E-state index contributed by atoms with van der Waals surface area (Å²) in [7, 11) is 0. The zero-order valence-electron chi connectivity index (χ0n) is 3.14. The van der Waals surface area contributed by atoms with Crippen molar-refractivity contribution in [3.8, 4) is 0 Å². The maximum atomic E-state index is 10.1. The highest BCUT2D eigenvalue weighted by Crippen LogP contribution is 1.98. The maximum absolute atomic E-state index is 10.1. The first-order chi connectivity index (χ1) is 2.80. The summed E-state index contributed by atoms with van der Waals surface area (Å²) in [6.07, 6.45) is 0. The predicted molar refractivity (Wildman–Crippen MR) is 25.8 cm³/mol. The van der Waals surface area contributed by atoms with Gasteiger partial charge in [-0.1, -0.05) is 0 Å². The van der Waals surface area contributed by atoms with E-state index in [1.54, 1.807) is 0 Å². The van der Waals surface area contributed by atoms with Crippen LogP contribution in [0.4, 0.5) is 0 Å². The van der Waals surface area contributed by atoms with Crippen molar-refractivity contribution in [2.24, 2.45) is 0 Å². The lowest BCUT2D eigenvalue weighted by Crippen LogP contribution is -2.49. The van der Waals surface area contributed by atoms with Crippen LogP contribution in [0.2, 0.25) is 0 Å². The Kier molecular flexibility index (Phi) is 0.856. The molecule has 0 bridgehead atoms. The number of carbonyl (C=O) groups excluding carboxylic acids is 1. The van der Waals surface area contributed by atoms with Gasteiger partial charge in [-0.05, 0) is 0 Å². The van der Waals surface area contributed by atoms with Crippen molar-refractivity contribution in [1.82, 2.24) is 5.32 Å². The van der Waals surface area contributed by atoms with Gasteiger partial charge in [0.2, 0.25) is 0 Å². The molecule has 1 unspecified atom stereocenters. The third-order valence-corrected chi connectivity index (χ3v) is 1.25. The molecule has 0 amide bonds. The zero-order chi connectivity index (χ0) is 4.57. The van der Waals surface area contributed by atoms with Crippen LogP contribution < -0.4 is 5.32 Å². The third-order valence-electron chi connectivity index (χ3n) is 0.775. The maximum Gasteiger partial charge on any atom is 0.173 e. The van der Waals surface area contributed by atoms with E-state index in [1.807, 2.05) is 0 Å². The van der Waals surface area contributed by atoms with Gasteiger partial charge >= 0.3 is 0 Å². The quantitative estimate of drug-likeness (QED) is 0.401. The Labute approximate surface area is 41.3 Å². The highest BCUT2D eigenvalue weighted by molar-refractivity contribution is 7.81. The Bertz CT molecular complexity index is 82.9. The number of nitrogens with one attached hydrogen (secondary N) is 1. The fraction of sp³-hybridized carbons (Fsp3) is 0.667. The topological polar surface area (TPSA) is 29.1 Å². The Morgan fingerprint density at radius 1 is 2.00 bits per heavy atom. The molecule has 0 aromatic heterocycles. The van der Waals surface area contributed by atoms with Crippen LogP contribution in [0.5, 0.6) is 0 Å². The molecule has 0 saturated carbocycles. The number of Topliss-reactive ketones (excluding diaryl/α,β-unsaturated/α-hetero) is 1. The summed E-state index contributed by atoms with van der Waals surface area (Å²) < 4.78 is 0. The molecule has 34 valence electrons. The number of ketones is 1. The summed E-state index contributed by atoms with van der Waals surface area (Å²) >= 11 is 3.82. The zero-order valence-corrected chi connectivity index (χ0v) is 4.03. The molecule has 2 nitrogen and oxygen atoms in total. The molecule has 1 aliphatic heterocycles. The number of carbonyl (C=O) groups is 1. The van der Waals surface area contributed by atoms with Crippen LogP contribution in [0.25, 0.3) is 0 Å². The van der Waals surface area contributed by atoms with Crippen molar-refractivity contribution in [3.63, 3.8) is 0 Å². The number of thiol groups is 1. The summed E-state index contributed by atoms with van der Waals surface area (Å²) in [6, 6.07) is 0. The van der Waals surface area contributed by atoms with E-state index in [0.29, 0.717) is 6.54 Å². The second-order valence-corrected chi connectivity index (χ2v) is 1.77. The lowest BCUT2D eigenvalue weighted by atomic mass is 10.3. The van der Waals surface area contributed by atoms with Gasteiger partial charge in [0.1, 0.15) is 5.37 Å². The molecule has 1 saturated heterocycles. The molecule has 1 N–H and O–H groups in total. The van der Waals surface area contributed by atoms with E-state index < -0.39 is 0 Å². The van der Waals surface area contributed by atoms with Gasteiger partial charge in [0, 0.05) is 0 Å². The van der Waals surface area contributed by atoms with Gasteiger partial charge in [0.25, 0.3) is 0 Å². The van der Waals surface area contributed by atoms with Crippen molar-refractivity contribution in [1.29, 1.82) is 0 Å². The second-order valence-electron chi connectivity index (χ2n) is 1.25. The highest BCUT2D eigenvalue weighted by atomic mass is 32.1. The summed E-state index contributed by atoms with van der Waals surface area (Å²) in [4.78, 5) is 10.1. The average Bonchev–Trinajstić information content (AvgIpc) is 1.61. The minimum absolute atomic E-state index is 0.162. The largest absolute Gasteiger partial charge is 0.296 e. The van der Waals surface area contributed by atoms with Gasteiger partial charge < -0.3 is 0 Å². The van der Waals surface area contributed by atoms with Crippen LogP contribution in [0.1, 0.15) is 0 Å². The lowest BCUT2D eigenvalue weighted by Gasteiger charge is -2.19. The fourth-order valence-corrected chi connectivity index (χ4v) is 0.459. The van der Waals surface area contributed by atoms with E-state index in [0.717, 1.165) is 0 Å². The molecule has 0 spiro atoms. The highest BCUT2D eigenvalue weighted by Gasteiger charge is 2.21. The Balaban J connectivity index is 2.39. The van der Waals surface area contributed by atoms with Crippen LogP contribution in [0.15, 0.2) is 0 Å². The molecule has 0 aromatic rings. The molecular formula is C3H5NOS. The average molecular weight is 103 g/mol. The van der Waals surface area contributed by atoms with Gasteiger partial charge in [-0.25, -0.2) is 0 Å². The van der Waals surface area contributed by atoms with E-state index in [4.69, 9.17) is 0 Å². The predicted octanol–water partition coefficient (Wildman–Crippen LogP) is -0.585. The molecule has 0 aliphatic carbocycles. The Morgan fingerprint density at radius 3 is 2.50 bits per heavy atom.